The van der Waals surface area contributed by atoms with E-state index in [1.165, 1.54) is 6.07 Å². The number of piperidine rings is 1. The van der Waals surface area contributed by atoms with Crippen LogP contribution in [0.4, 0.5) is 18.9 Å². The minimum absolute atomic E-state index is 0.0457. The van der Waals surface area contributed by atoms with E-state index in [0.29, 0.717) is 70.4 Å². The van der Waals surface area contributed by atoms with Gasteiger partial charge in [0.2, 0.25) is 5.91 Å². The van der Waals surface area contributed by atoms with Gasteiger partial charge in [0.1, 0.15) is 5.75 Å². The van der Waals surface area contributed by atoms with Crippen LogP contribution in [0.5, 0.6) is 5.75 Å². The Morgan fingerprint density at radius 1 is 0.962 bits per heavy atom. The summed E-state index contributed by atoms with van der Waals surface area (Å²) in [6.45, 7) is 7.26. The molecule has 1 aliphatic carbocycles. The highest BCUT2D eigenvalue weighted by Crippen LogP contribution is 2.49. The monoisotopic (exact) mass is 729 g/mol. The highest BCUT2D eigenvalue weighted by molar-refractivity contribution is 5.85. The minimum Gasteiger partial charge on any atom is -0.497 e. The van der Waals surface area contributed by atoms with Crippen LogP contribution in [0.25, 0.3) is 0 Å². The number of carboxylic acid groups (broad SMARTS) is 1. The second-order valence-corrected chi connectivity index (χ2v) is 15.4. The molecule has 0 spiro atoms. The number of carboxylic acids is 1. The Balaban J connectivity index is 1.31. The van der Waals surface area contributed by atoms with Crippen molar-refractivity contribution in [3.63, 3.8) is 0 Å². The topological polar surface area (TPSA) is 91.8 Å². The molecular weight excluding hydrogens is 675 g/mol. The van der Waals surface area contributed by atoms with Gasteiger partial charge in [0, 0.05) is 70.0 Å². The fraction of sp³-hybridized carbons (Fsp3) is 0.650. The van der Waals surface area contributed by atoms with E-state index in [0.717, 1.165) is 55.2 Å². The number of hydrogen-bond donors (Lipinski definition) is 1. The van der Waals surface area contributed by atoms with Gasteiger partial charge in [-0.1, -0.05) is 18.2 Å². The van der Waals surface area contributed by atoms with Gasteiger partial charge in [-0.2, -0.15) is 13.2 Å². The molecule has 1 N–H and O–H groups in total. The van der Waals surface area contributed by atoms with Crippen molar-refractivity contribution in [2.24, 2.45) is 11.3 Å². The lowest BCUT2D eigenvalue weighted by molar-refractivity contribution is -0.144. The van der Waals surface area contributed by atoms with Crippen LogP contribution in [-0.4, -0.2) is 105 Å². The molecule has 0 aromatic heterocycles. The molecule has 3 aliphatic heterocycles. The second kappa shape index (κ2) is 15.9. The van der Waals surface area contributed by atoms with Crippen LogP contribution in [-0.2, 0) is 25.2 Å². The van der Waals surface area contributed by atoms with Crippen LogP contribution < -0.4 is 9.64 Å². The van der Waals surface area contributed by atoms with E-state index in [2.05, 4.69) is 24.0 Å². The van der Waals surface area contributed by atoms with Crippen LogP contribution >= 0.6 is 0 Å². The molecule has 3 saturated heterocycles. The quantitative estimate of drug-likeness (QED) is 0.270. The highest BCUT2D eigenvalue weighted by Gasteiger charge is 2.54. The summed E-state index contributed by atoms with van der Waals surface area (Å²) in [5.41, 5.74) is 0.835. The number of likely N-dealkylation sites (tertiary alicyclic amines) is 2. The molecule has 9 nitrogen and oxygen atoms in total. The van der Waals surface area contributed by atoms with Crippen LogP contribution in [0.1, 0.15) is 87.3 Å². The first kappa shape index (κ1) is 38.4. The Morgan fingerprint density at radius 3 is 2.25 bits per heavy atom. The summed E-state index contributed by atoms with van der Waals surface area (Å²) < 4.78 is 59.2. The minimum atomic E-state index is -4.52. The molecule has 4 atom stereocenters. The SMILES string of the molecule is CCOC[C@@H]1C[C@@H](c2ccc(C(F)(F)F)cc2N2CCC(C(=O)O)CC2)CN1C(=O)[C@]1(C)CN(C2CCC(OC)CC2)C[C@H]1c1ccc(OC)cc1. The van der Waals surface area contributed by atoms with Gasteiger partial charge in [-0.3, -0.25) is 14.5 Å². The fourth-order valence-electron chi connectivity index (χ4n) is 9.32. The first-order chi connectivity index (χ1) is 24.9. The summed E-state index contributed by atoms with van der Waals surface area (Å²) in [5.74, 6) is -0.875. The fourth-order valence-corrected chi connectivity index (χ4v) is 9.32. The van der Waals surface area contributed by atoms with Crippen molar-refractivity contribution < 1.29 is 42.1 Å². The molecule has 12 heteroatoms. The van der Waals surface area contributed by atoms with E-state index < -0.39 is 29.0 Å². The third kappa shape index (κ3) is 7.94. The standard InChI is InChI=1S/C40H54F3N3O6/c1-5-52-24-31-20-28(34-15-8-29(40(41,42)43)21-36(34)44-18-16-27(17-19-44)37(47)48)22-46(31)38(49)39(2)25-45(30-9-13-33(51-4)14-10-30)23-35(39)26-6-11-32(50-3)12-7-26/h6-8,11-12,15,21,27-28,30-31,33,35H,5,9-10,13-14,16-20,22-25H2,1-4H3,(H,47,48)/t28-,30?,31+,33?,35+,39-/m1/s1. The third-order valence-corrected chi connectivity index (χ3v) is 12.4. The van der Waals surface area contributed by atoms with Gasteiger partial charge in [-0.15, -0.1) is 0 Å². The van der Waals surface area contributed by atoms with Crippen LogP contribution in [0.2, 0.25) is 0 Å². The van der Waals surface area contributed by atoms with E-state index in [-0.39, 0.29) is 29.9 Å². The zero-order valence-electron chi connectivity index (χ0n) is 30.9. The van der Waals surface area contributed by atoms with Gasteiger partial charge >= 0.3 is 12.1 Å². The number of alkyl halides is 3. The van der Waals surface area contributed by atoms with E-state index >= 15 is 4.79 Å². The van der Waals surface area contributed by atoms with E-state index in [9.17, 15) is 23.1 Å². The van der Waals surface area contributed by atoms with Gasteiger partial charge in [-0.05, 0) is 94.2 Å². The van der Waals surface area contributed by atoms with Crippen molar-refractivity contribution in [3.05, 3.63) is 59.2 Å². The zero-order chi connectivity index (χ0) is 37.2. The molecule has 1 amide bonds. The van der Waals surface area contributed by atoms with Crippen LogP contribution in [0.3, 0.4) is 0 Å². The van der Waals surface area contributed by atoms with Crippen LogP contribution in [0.15, 0.2) is 42.5 Å². The van der Waals surface area contributed by atoms with Crippen molar-refractivity contribution >= 4 is 17.6 Å². The number of anilines is 1. The summed E-state index contributed by atoms with van der Waals surface area (Å²) in [4.78, 5) is 33.2. The van der Waals surface area contributed by atoms with Crippen molar-refractivity contribution in [2.45, 2.75) is 95.0 Å². The lowest BCUT2D eigenvalue weighted by atomic mass is 9.74. The molecule has 52 heavy (non-hydrogen) atoms. The van der Waals surface area contributed by atoms with Crippen molar-refractivity contribution in [1.82, 2.24) is 9.80 Å². The summed E-state index contributed by atoms with van der Waals surface area (Å²) in [7, 11) is 3.41. The zero-order valence-corrected chi connectivity index (χ0v) is 30.9. The first-order valence-electron chi connectivity index (χ1n) is 18.8. The molecule has 2 aromatic rings. The lowest BCUT2D eigenvalue weighted by Crippen LogP contribution is -2.50. The molecule has 4 fully saturated rings. The molecule has 3 heterocycles. The van der Waals surface area contributed by atoms with Crippen molar-refractivity contribution in [1.29, 1.82) is 0 Å². The van der Waals surface area contributed by atoms with Crippen molar-refractivity contribution in [3.8, 4) is 5.75 Å². The van der Waals surface area contributed by atoms with E-state index in [1.807, 2.05) is 28.9 Å². The number of methoxy groups -OCH3 is 2. The number of ether oxygens (including phenoxy) is 3. The summed E-state index contributed by atoms with van der Waals surface area (Å²) in [6.07, 6.45) is 1.03. The maximum absolute atomic E-state index is 15.2. The molecule has 6 rings (SSSR count). The molecule has 0 radical (unpaired) electrons. The van der Waals surface area contributed by atoms with Gasteiger partial charge in [0.15, 0.2) is 0 Å². The lowest BCUT2D eigenvalue weighted by Gasteiger charge is -2.37. The average molecular weight is 730 g/mol. The summed E-state index contributed by atoms with van der Waals surface area (Å²) in [5, 5.41) is 9.56. The molecule has 0 unspecified atom stereocenters. The largest absolute Gasteiger partial charge is 0.497 e. The van der Waals surface area contributed by atoms with E-state index in [4.69, 9.17) is 14.2 Å². The molecule has 0 bridgehead atoms. The predicted octanol–water partition coefficient (Wildman–Crippen LogP) is 6.80. The average Bonchev–Trinajstić information content (AvgIpc) is 3.75. The van der Waals surface area contributed by atoms with Crippen molar-refractivity contribution in [2.75, 3.05) is 65.1 Å². The summed E-state index contributed by atoms with van der Waals surface area (Å²) >= 11 is 0. The molecule has 4 aliphatic rings. The second-order valence-electron chi connectivity index (χ2n) is 15.4. The molecular formula is C40H54F3N3O6. The highest BCUT2D eigenvalue weighted by atomic mass is 19.4. The number of aliphatic carboxylic acids is 1. The number of nitrogens with zero attached hydrogens (tertiary/aromatic N) is 3. The number of carbonyl (C=O) groups is 2. The molecule has 2 aromatic carbocycles. The smallest absolute Gasteiger partial charge is 0.416 e. The number of hydrogen-bond acceptors (Lipinski definition) is 7. The van der Waals surface area contributed by atoms with E-state index in [1.54, 1.807) is 20.3 Å². The number of amides is 1. The maximum atomic E-state index is 15.2. The predicted molar refractivity (Wildman–Crippen MR) is 192 cm³/mol. The Hall–Kier alpha value is -3.35. The normalized spacial score (nSPS) is 29.1. The number of carbonyl (C=O) groups excluding carboxylic acids is 1. The Kier molecular flexibility index (Phi) is 11.8. The molecule has 286 valence electrons. The van der Waals surface area contributed by atoms with Gasteiger partial charge in [-0.25, -0.2) is 0 Å². The third-order valence-electron chi connectivity index (χ3n) is 12.4. The summed E-state index contributed by atoms with van der Waals surface area (Å²) in [6, 6.07) is 12.1. The molecule has 1 saturated carbocycles. The number of benzene rings is 2. The van der Waals surface area contributed by atoms with Crippen LogP contribution in [0, 0.1) is 11.3 Å². The van der Waals surface area contributed by atoms with Gasteiger partial charge < -0.3 is 29.1 Å². The Labute approximate surface area is 305 Å². The maximum Gasteiger partial charge on any atom is 0.416 e. The van der Waals surface area contributed by atoms with Gasteiger partial charge in [0.25, 0.3) is 0 Å². The number of halogens is 3. The Bertz CT molecular complexity index is 1540. The van der Waals surface area contributed by atoms with Gasteiger partial charge in [0.05, 0.1) is 42.8 Å². The number of rotatable bonds is 11. The Morgan fingerprint density at radius 2 is 1.65 bits per heavy atom. The first-order valence-corrected chi connectivity index (χ1v) is 18.8.